The van der Waals surface area contributed by atoms with Crippen LogP contribution in [0.3, 0.4) is 0 Å². The zero-order valence-corrected chi connectivity index (χ0v) is 14.4. The van der Waals surface area contributed by atoms with Gasteiger partial charge in [0, 0.05) is 12.1 Å². The van der Waals surface area contributed by atoms with Gasteiger partial charge in [0.2, 0.25) is 0 Å². The molecule has 1 aliphatic rings. The van der Waals surface area contributed by atoms with Crippen molar-refractivity contribution in [2.75, 3.05) is 6.61 Å². The molecule has 0 bridgehead atoms. The van der Waals surface area contributed by atoms with E-state index in [2.05, 4.69) is 5.10 Å². The van der Waals surface area contributed by atoms with E-state index in [0.717, 1.165) is 12.1 Å². The fraction of sp³-hybridized carbons (Fsp3) is 0.529. The molecule has 0 spiro atoms. The van der Waals surface area contributed by atoms with Gasteiger partial charge in [-0.05, 0) is 43.0 Å². The number of hydrogen-bond donors (Lipinski definition) is 1. The maximum absolute atomic E-state index is 13.3. The molecule has 0 unspecified atom stereocenters. The van der Waals surface area contributed by atoms with Crippen LogP contribution in [-0.2, 0) is 4.79 Å². The Morgan fingerprint density at radius 2 is 1.96 bits per heavy atom. The minimum atomic E-state index is -5.07. The van der Waals surface area contributed by atoms with Crippen molar-refractivity contribution < 1.29 is 32.2 Å². The van der Waals surface area contributed by atoms with Gasteiger partial charge in [0.1, 0.15) is 11.6 Å². The Bertz CT molecular complexity index is 674. The standard InChI is InChI=1S/C17H20F4N2O3/c1-11(2)3-6-13-9-16(25,17(19,20)21)23(22-13)15(24)10-26-14-7-4-12(18)5-8-14/h4-5,7-8,11,25H,3,6,9-10H2,1-2H3/t16-/m0/s1. The van der Waals surface area contributed by atoms with E-state index in [0.29, 0.717) is 6.42 Å². The van der Waals surface area contributed by atoms with E-state index in [1.807, 2.05) is 13.8 Å². The fourth-order valence-corrected chi connectivity index (χ4v) is 2.43. The van der Waals surface area contributed by atoms with E-state index in [1.54, 1.807) is 0 Å². The second-order valence-electron chi connectivity index (χ2n) is 6.54. The first-order chi connectivity index (χ1) is 12.0. The summed E-state index contributed by atoms with van der Waals surface area (Å²) in [7, 11) is 0. The molecule has 9 heteroatoms. The number of rotatable bonds is 6. The predicted molar refractivity (Wildman–Crippen MR) is 85.9 cm³/mol. The van der Waals surface area contributed by atoms with Crippen molar-refractivity contribution in [1.82, 2.24) is 5.01 Å². The van der Waals surface area contributed by atoms with Gasteiger partial charge in [0.15, 0.2) is 6.61 Å². The molecule has 1 aromatic carbocycles. The molecular formula is C17H20F4N2O3. The number of alkyl halides is 3. The summed E-state index contributed by atoms with van der Waals surface area (Å²) >= 11 is 0. The Hall–Kier alpha value is -2.16. The van der Waals surface area contributed by atoms with E-state index in [4.69, 9.17) is 4.74 Å². The second kappa shape index (κ2) is 7.61. The summed E-state index contributed by atoms with van der Waals surface area (Å²) in [6.45, 7) is 3.04. The number of carbonyl (C=O) groups is 1. The fourth-order valence-electron chi connectivity index (χ4n) is 2.43. The molecule has 0 saturated heterocycles. The minimum Gasteiger partial charge on any atom is -0.484 e. The molecule has 0 aliphatic carbocycles. The lowest BCUT2D eigenvalue weighted by molar-refractivity contribution is -0.302. The number of ether oxygens (including phenoxy) is 1. The molecule has 26 heavy (non-hydrogen) atoms. The van der Waals surface area contributed by atoms with Crippen molar-refractivity contribution in [3.63, 3.8) is 0 Å². The molecule has 0 saturated carbocycles. The summed E-state index contributed by atoms with van der Waals surface area (Å²) in [6, 6.07) is 4.65. The van der Waals surface area contributed by atoms with E-state index < -0.39 is 36.7 Å². The van der Waals surface area contributed by atoms with Crippen LogP contribution in [0.5, 0.6) is 5.75 Å². The van der Waals surface area contributed by atoms with E-state index >= 15 is 0 Å². The van der Waals surface area contributed by atoms with Crippen molar-refractivity contribution >= 4 is 11.6 Å². The lowest BCUT2D eigenvalue weighted by Gasteiger charge is -2.32. The number of aliphatic hydroxyl groups is 1. The van der Waals surface area contributed by atoms with Gasteiger partial charge in [-0.15, -0.1) is 0 Å². The van der Waals surface area contributed by atoms with E-state index in [-0.39, 0.29) is 28.8 Å². The first-order valence-electron chi connectivity index (χ1n) is 8.10. The average molecular weight is 376 g/mol. The van der Waals surface area contributed by atoms with Crippen LogP contribution in [0.2, 0.25) is 0 Å². The molecule has 1 aromatic rings. The number of nitrogens with zero attached hydrogens (tertiary/aromatic N) is 2. The number of amides is 1. The van der Waals surface area contributed by atoms with Gasteiger partial charge in [-0.1, -0.05) is 13.8 Å². The Kier molecular flexibility index (Phi) is 5.90. The van der Waals surface area contributed by atoms with Crippen LogP contribution in [0.4, 0.5) is 17.6 Å². The lowest BCUT2D eigenvalue weighted by atomic mass is 9.99. The minimum absolute atomic E-state index is 0.0478. The molecule has 5 nitrogen and oxygen atoms in total. The maximum Gasteiger partial charge on any atom is 0.438 e. The first-order valence-corrected chi connectivity index (χ1v) is 8.10. The zero-order valence-electron chi connectivity index (χ0n) is 14.4. The highest BCUT2D eigenvalue weighted by atomic mass is 19.4. The summed E-state index contributed by atoms with van der Waals surface area (Å²) in [4.78, 5) is 12.2. The van der Waals surface area contributed by atoms with Crippen LogP contribution in [0.1, 0.15) is 33.1 Å². The third kappa shape index (κ3) is 4.51. The average Bonchev–Trinajstić information content (AvgIpc) is 2.90. The normalized spacial score (nSPS) is 20.5. The van der Waals surface area contributed by atoms with Crippen LogP contribution < -0.4 is 4.74 Å². The molecule has 0 fully saturated rings. The van der Waals surface area contributed by atoms with Gasteiger partial charge in [0.25, 0.3) is 11.6 Å². The summed E-state index contributed by atoms with van der Waals surface area (Å²) in [5.74, 6) is -1.32. The van der Waals surface area contributed by atoms with Crippen LogP contribution in [0.25, 0.3) is 0 Å². The van der Waals surface area contributed by atoms with Crippen molar-refractivity contribution in [2.45, 2.75) is 45.0 Å². The Balaban J connectivity index is 2.12. The Morgan fingerprint density at radius 3 is 2.50 bits per heavy atom. The quantitative estimate of drug-likeness (QED) is 0.774. The van der Waals surface area contributed by atoms with Crippen LogP contribution in [0, 0.1) is 11.7 Å². The number of hydrazone groups is 1. The highest BCUT2D eigenvalue weighted by Gasteiger charge is 2.63. The second-order valence-corrected chi connectivity index (χ2v) is 6.54. The highest BCUT2D eigenvalue weighted by Crippen LogP contribution is 2.41. The Morgan fingerprint density at radius 1 is 1.35 bits per heavy atom. The molecule has 0 aromatic heterocycles. The van der Waals surface area contributed by atoms with Crippen LogP contribution in [0.15, 0.2) is 29.4 Å². The third-order valence-corrected chi connectivity index (χ3v) is 3.92. The Labute approximate surface area is 148 Å². The topological polar surface area (TPSA) is 62.1 Å². The van der Waals surface area contributed by atoms with Crippen LogP contribution in [-0.4, -0.2) is 40.2 Å². The molecule has 2 rings (SSSR count). The van der Waals surface area contributed by atoms with Gasteiger partial charge in [-0.25, -0.2) is 4.39 Å². The molecule has 1 aliphatic heterocycles. The van der Waals surface area contributed by atoms with E-state index in [1.165, 1.54) is 12.1 Å². The monoisotopic (exact) mass is 376 g/mol. The SMILES string of the molecule is CC(C)CCC1=NN(C(=O)COc2ccc(F)cc2)[C@@](O)(C(F)(F)F)C1. The highest BCUT2D eigenvalue weighted by molar-refractivity contribution is 5.91. The molecule has 1 atom stereocenters. The molecule has 144 valence electrons. The number of halogens is 4. The first kappa shape index (κ1) is 20.2. The molecule has 1 N–H and O–H groups in total. The number of benzene rings is 1. The van der Waals surface area contributed by atoms with Gasteiger partial charge >= 0.3 is 6.18 Å². The largest absolute Gasteiger partial charge is 0.484 e. The van der Waals surface area contributed by atoms with Gasteiger partial charge in [-0.2, -0.15) is 23.3 Å². The summed E-state index contributed by atoms with van der Waals surface area (Å²) < 4.78 is 57.9. The van der Waals surface area contributed by atoms with Crippen molar-refractivity contribution in [3.8, 4) is 5.75 Å². The van der Waals surface area contributed by atoms with Crippen molar-refractivity contribution in [2.24, 2.45) is 11.0 Å². The molecule has 1 amide bonds. The number of carbonyl (C=O) groups excluding carboxylic acids is 1. The molecule has 0 radical (unpaired) electrons. The summed E-state index contributed by atoms with van der Waals surface area (Å²) in [5, 5.41) is 13.8. The smallest absolute Gasteiger partial charge is 0.438 e. The zero-order chi connectivity index (χ0) is 19.5. The van der Waals surface area contributed by atoms with E-state index in [9.17, 15) is 27.5 Å². The van der Waals surface area contributed by atoms with Gasteiger partial charge < -0.3 is 9.84 Å². The molecule has 1 heterocycles. The summed E-state index contributed by atoms with van der Waals surface area (Å²) in [5.41, 5.74) is -3.28. The van der Waals surface area contributed by atoms with Gasteiger partial charge in [-0.3, -0.25) is 4.79 Å². The van der Waals surface area contributed by atoms with Crippen LogP contribution >= 0.6 is 0 Å². The lowest BCUT2D eigenvalue weighted by Crippen LogP contribution is -2.57. The number of hydrogen-bond acceptors (Lipinski definition) is 4. The van der Waals surface area contributed by atoms with Crippen molar-refractivity contribution in [3.05, 3.63) is 30.1 Å². The summed E-state index contributed by atoms with van der Waals surface area (Å²) in [6.07, 6.45) is -5.02. The van der Waals surface area contributed by atoms with Gasteiger partial charge in [0.05, 0.1) is 0 Å². The predicted octanol–water partition coefficient (Wildman–Crippen LogP) is 3.48. The molecular weight excluding hydrogens is 356 g/mol. The van der Waals surface area contributed by atoms with Crippen molar-refractivity contribution in [1.29, 1.82) is 0 Å². The maximum atomic E-state index is 13.3. The third-order valence-electron chi connectivity index (χ3n) is 3.92.